The number of thiophene rings is 1. The maximum Gasteiger partial charge on any atom is 0.281 e. The lowest BCUT2D eigenvalue weighted by molar-refractivity contribution is -0.119. The monoisotopic (exact) mass is 303 g/mol. The third-order valence-corrected chi connectivity index (χ3v) is 3.25. The minimum absolute atomic E-state index is 0.162. The summed E-state index contributed by atoms with van der Waals surface area (Å²) in [6.07, 6.45) is 1.52. The van der Waals surface area contributed by atoms with Crippen molar-refractivity contribution in [3.05, 3.63) is 52.2 Å². The Balaban J connectivity index is 1.86. The fourth-order valence-corrected chi connectivity index (χ4v) is 2.05. The number of nitrogens with two attached hydrogens (primary N) is 1. The Morgan fingerprint density at radius 1 is 1.29 bits per heavy atom. The van der Waals surface area contributed by atoms with Crippen LogP contribution in [0.25, 0.3) is 0 Å². The maximum atomic E-state index is 11.6. The highest BCUT2D eigenvalue weighted by Crippen LogP contribution is 2.11. The lowest BCUT2D eigenvalue weighted by Crippen LogP contribution is -2.19. The molecule has 2 rings (SSSR count). The number of carbonyl (C=O) groups is 2. The van der Waals surface area contributed by atoms with Crippen LogP contribution < -0.4 is 15.9 Å². The first-order valence-corrected chi connectivity index (χ1v) is 6.91. The Labute approximate surface area is 125 Å². The van der Waals surface area contributed by atoms with Gasteiger partial charge in [-0.25, -0.2) is 5.43 Å². The van der Waals surface area contributed by atoms with Crippen LogP contribution in [0.1, 0.15) is 15.2 Å². The number of hydrogen-bond donors (Lipinski definition) is 2. The molecule has 0 radical (unpaired) electrons. The van der Waals surface area contributed by atoms with E-state index in [9.17, 15) is 9.59 Å². The molecule has 0 bridgehead atoms. The van der Waals surface area contributed by atoms with E-state index in [-0.39, 0.29) is 12.5 Å². The zero-order chi connectivity index (χ0) is 15.1. The second-order valence-corrected chi connectivity index (χ2v) is 4.95. The number of hydrogen-bond acceptors (Lipinski definition) is 5. The predicted molar refractivity (Wildman–Crippen MR) is 80.5 cm³/mol. The Bertz CT molecular complexity index is 636. The third-order valence-electron chi connectivity index (χ3n) is 2.39. The highest BCUT2D eigenvalue weighted by molar-refractivity contribution is 7.12. The minimum atomic E-state index is -0.531. The fraction of sp³-hybridized carbons (Fsp3) is 0.0714. The second-order valence-electron chi connectivity index (χ2n) is 4.00. The van der Waals surface area contributed by atoms with Crippen molar-refractivity contribution in [3.8, 4) is 5.75 Å². The summed E-state index contributed by atoms with van der Waals surface area (Å²) < 4.78 is 5.13. The smallest absolute Gasteiger partial charge is 0.281 e. The molecule has 0 spiro atoms. The van der Waals surface area contributed by atoms with Crippen LogP contribution in [-0.4, -0.2) is 24.6 Å². The number of nitrogens with zero attached hydrogens (tertiary/aromatic N) is 1. The summed E-state index contributed by atoms with van der Waals surface area (Å²) in [5.41, 5.74) is 8.20. The van der Waals surface area contributed by atoms with E-state index in [4.69, 9.17) is 10.5 Å². The molecule has 1 heterocycles. The molecule has 0 fully saturated rings. The van der Waals surface area contributed by atoms with Crippen molar-refractivity contribution in [2.75, 3.05) is 6.61 Å². The van der Waals surface area contributed by atoms with Gasteiger partial charge in [0.15, 0.2) is 6.61 Å². The van der Waals surface area contributed by atoms with Crippen molar-refractivity contribution in [3.63, 3.8) is 0 Å². The number of benzene rings is 1. The Morgan fingerprint density at radius 3 is 2.67 bits per heavy atom. The second kappa shape index (κ2) is 7.20. The normalized spacial score (nSPS) is 10.5. The molecular formula is C14H13N3O3S. The number of nitrogens with one attached hydrogen (secondary N) is 1. The molecule has 108 valence electrons. The van der Waals surface area contributed by atoms with Crippen LogP contribution in [0, 0.1) is 0 Å². The van der Waals surface area contributed by atoms with Gasteiger partial charge in [0, 0.05) is 0 Å². The van der Waals surface area contributed by atoms with Crippen molar-refractivity contribution in [1.29, 1.82) is 0 Å². The molecular weight excluding hydrogens is 290 g/mol. The lowest BCUT2D eigenvalue weighted by Gasteiger charge is -2.03. The van der Waals surface area contributed by atoms with Gasteiger partial charge in [-0.1, -0.05) is 6.07 Å². The molecule has 1 aromatic heterocycles. The van der Waals surface area contributed by atoms with Crippen LogP contribution in [-0.2, 0) is 4.79 Å². The molecule has 21 heavy (non-hydrogen) atoms. The van der Waals surface area contributed by atoms with Crippen LogP contribution in [0.5, 0.6) is 5.75 Å². The number of ether oxygens (including phenoxy) is 1. The standard InChI is InChI=1S/C14H13N3O3S/c15-13(18)9-20-11-5-3-10(4-6-11)8-16-17-14(19)12-2-1-7-21-12/h1-8H,9H2,(H2,15,18)(H,17,19)/b16-8-. The molecule has 0 saturated carbocycles. The molecule has 0 saturated heterocycles. The van der Waals surface area contributed by atoms with E-state index >= 15 is 0 Å². The van der Waals surface area contributed by atoms with Gasteiger partial charge < -0.3 is 10.5 Å². The molecule has 1 aromatic carbocycles. The van der Waals surface area contributed by atoms with Gasteiger partial charge in [-0.15, -0.1) is 11.3 Å². The van der Waals surface area contributed by atoms with Crippen LogP contribution >= 0.6 is 11.3 Å². The highest BCUT2D eigenvalue weighted by atomic mass is 32.1. The minimum Gasteiger partial charge on any atom is -0.484 e. The summed E-state index contributed by atoms with van der Waals surface area (Å²) >= 11 is 1.35. The highest BCUT2D eigenvalue weighted by Gasteiger charge is 2.03. The SMILES string of the molecule is NC(=O)COc1ccc(/C=N\NC(=O)c2cccs2)cc1. The van der Waals surface area contributed by atoms with E-state index in [1.165, 1.54) is 17.6 Å². The lowest BCUT2D eigenvalue weighted by atomic mass is 10.2. The van der Waals surface area contributed by atoms with Crippen molar-refractivity contribution in [1.82, 2.24) is 5.43 Å². The first-order chi connectivity index (χ1) is 10.1. The van der Waals surface area contributed by atoms with Crippen molar-refractivity contribution < 1.29 is 14.3 Å². The maximum absolute atomic E-state index is 11.6. The summed E-state index contributed by atoms with van der Waals surface area (Å²) in [6, 6.07) is 10.4. The van der Waals surface area contributed by atoms with Gasteiger partial charge in [-0.3, -0.25) is 9.59 Å². The zero-order valence-electron chi connectivity index (χ0n) is 11.0. The number of carbonyl (C=O) groups excluding carboxylic acids is 2. The molecule has 0 aliphatic rings. The summed E-state index contributed by atoms with van der Waals surface area (Å²) in [5, 5.41) is 5.69. The molecule has 6 nitrogen and oxygen atoms in total. The summed E-state index contributed by atoms with van der Waals surface area (Å²) in [7, 11) is 0. The van der Waals surface area contributed by atoms with Crippen LogP contribution in [0.4, 0.5) is 0 Å². The van der Waals surface area contributed by atoms with Gasteiger partial charge in [-0.05, 0) is 41.3 Å². The molecule has 2 aromatic rings. The number of rotatable bonds is 6. The number of amides is 2. The largest absolute Gasteiger partial charge is 0.484 e. The van der Waals surface area contributed by atoms with E-state index in [2.05, 4.69) is 10.5 Å². The Kier molecular flexibility index (Phi) is 5.05. The molecule has 0 atom stereocenters. The molecule has 3 N–H and O–H groups in total. The van der Waals surface area contributed by atoms with Gasteiger partial charge in [0.1, 0.15) is 5.75 Å². The summed E-state index contributed by atoms with van der Waals surface area (Å²) in [5.74, 6) is -0.242. The number of primary amides is 1. The van der Waals surface area contributed by atoms with Gasteiger partial charge in [0.25, 0.3) is 11.8 Å². The van der Waals surface area contributed by atoms with Crippen molar-refractivity contribution in [2.24, 2.45) is 10.8 Å². The third kappa shape index (κ3) is 4.73. The van der Waals surface area contributed by atoms with Crippen LogP contribution in [0.15, 0.2) is 46.9 Å². The molecule has 2 amide bonds. The fourth-order valence-electron chi connectivity index (χ4n) is 1.43. The van der Waals surface area contributed by atoms with E-state index in [1.807, 2.05) is 5.38 Å². The summed E-state index contributed by atoms with van der Waals surface area (Å²) in [6.45, 7) is -0.162. The molecule has 0 aliphatic heterocycles. The Hall–Kier alpha value is -2.67. The summed E-state index contributed by atoms with van der Waals surface area (Å²) in [4.78, 5) is 22.8. The quantitative estimate of drug-likeness (QED) is 0.623. The van der Waals surface area contributed by atoms with Gasteiger partial charge >= 0.3 is 0 Å². The van der Waals surface area contributed by atoms with Crippen molar-refractivity contribution >= 4 is 29.4 Å². The molecule has 0 aliphatic carbocycles. The van der Waals surface area contributed by atoms with Crippen molar-refractivity contribution in [2.45, 2.75) is 0 Å². The van der Waals surface area contributed by atoms with Gasteiger partial charge in [-0.2, -0.15) is 5.10 Å². The average molecular weight is 303 g/mol. The molecule has 7 heteroatoms. The topological polar surface area (TPSA) is 93.8 Å². The van der Waals surface area contributed by atoms with E-state index < -0.39 is 5.91 Å². The van der Waals surface area contributed by atoms with Gasteiger partial charge in [0.05, 0.1) is 11.1 Å². The van der Waals surface area contributed by atoms with Gasteiger partial charge in [0.2, 0.25) is 0 Å². The van der Waals surface area contributed by atoms with Crippen LogP contribution in [0.2, 0.25) is 0 Å². The first-order valence-electron chi connectivity index (χ1n) is 6.03. The van der Waals surface area contributed by atoms with E-state index in [1.54, 1.807) is 36.4 Å². The first kappa shape index (κ1) is 14.7. The zero-order valence-corrected chi connectivity index (χ0v) is 11.8. The van der Waals surface area contributed by atoms with Crippen LogP contribution in [0.3, 0.4) is 0 Å². The Morgan fingerprint density at radius 2 is 2.05 bits per heavy atom. The number of hydrazone groups is 1. The van der Waals surface area contributed by atoms with E-state index in [0.29, 0.717) is 10.6 Å². The van der Waals surface area contributed by atoms with E-state index in [0.717, 1.165) is 5.56 Å². The molecule has 0 unspecified atom stereocenters. The predicted octanol–water partition coefficient (Wildman–Crippen LogP) is 1.38. The average Bonchev–Trinajstić information content (AvgIpc) is 3.00.